The third kappa shape index (κ3) is 1.97. The molecule has 0 amide bonds. The maximum Gasteiger partial charge on any atom is 0.349 e. The minimum absolute atomic E-state index is 0.0425. The second-order valence-electron chi connectivity index (χ2n) is 3.63. The van der Waals surface area contributed by atoms with Crippen LogP contribution in [0, 0.1) is 0 Å². The number of methoxy groups -OCH3 is 2. The van der Waals surface area contributed by atoms with Crippen LogP contribution in [0.4, 0.5) is 4.39 Å². The zero-order valence-electron chi connectivity index (χ0n) is 8.64. The monoisotopic (exact) mass is 222 g/mol. The summed E-state index contributed by atoms with van der Waals surface area (Å²) >= 11 is 0. The van der Waals surface area contributed by atoms with Gasteiger partial charge in [-0.25, -0.2) is 9.18 Å². The number of esters is 1. The normalized spacial score (nSPS) is 41.3. The smallest absolute Gasteiger partial charge is 0.349 e. The number of rotatable bonds is 2. The van der Waals surface area contributed by atoms with Crippen molar-refractivity contribution < 1.29 is 28.9 Å². The number of hydrogen-bond donors (Lipinski definition) is 2. The lowest BCUT2D eigenvalue weighted by Crippen LogP contribution is -2.60. The van der Waals surface area contributed by atoms with Gasteiger partial charge in [0, 0.05) is 20.0 Å². The van der Waals surface area contributed by atoms with E-state index < -0.39 is 29.9 Å². The molecule has 4 atom stereocenters. The van der Waals surface area contributed by atoms with E-state index in [0.29, 0.717) is 0 Å². The van der Waals surface area contributed by atoms with E-state index in [1.54, 1.807) is 0 Å². The molecule has 0 aromatic carbocycles. The van der Waals surface area contributed by atoms with Crippen LogP contribution in [0.3, 0.4) is 0 Å². The molecule has 1 rings (SSSR count). The van der Waals surface area contributed by atoms with Gasteiger partial charge in [-0.3, -0.25) is 0 Å². The van der Waals surface area contributed by atoms with E-state index in [1.165, 1.54) is 7.11 Å². The molecule has 88 valence electrons. The van der Waals surface area contributed by atoms with Crippen molar-refractivity contribution in [1.82, 2.24) is 0 Å². The summed E-state index contributed by atoms with van der Waals surface area (Å²) in [4.78, 5) is 11.3. The maximum atomic E-state index is 14.2. The molecule has 1 aliphatic carbocycles. The zero-order valence-corrected chi connectivity index (χ0v) is 8.64. The van der Waals surface area contributed by atoms with E-state index in [2.05, 4.69) is 4.74 Å². The molecule has 0 saturated heterocycles. The highest BCUT2D eigenvalue weighted by atomic mass is 19.1. The minimum Gasteiger partial charge on any atom is -0.466 e. The highest BCUT2D eigenvalue weighted by Crippen LogP contribution is 2.35. The first-order valence-electron chi connectivity index (χ1n) is 4.63. The second kappa shape index (κ2) is 4.42. The Balaban J connectivity index is 2.95. The topological polar surface area (TPSA) is 76.0 Å². The summed E-state index contributed by atoms with van der Waals surface area (Å²) in [5, 5.41) is 18.8. The van der Waals surface area contributed by atoms with E-state index in [0.717, 1.165) is 7.11 Å². The quantitative estimate of drug-likeness (QED) is 0.610. The Morgan fingerprint density at radius 3 is 2.47 bits per heavy atom. The standard InChI is InChI=1S/C9H15FO5/c1-14-7-4-5(11)3-6(12)9(7,10)8(13)15-2/h5-7,11-12H,3-4H2,1-2H3/t5-,6-,7+,9+/m1/s1. The van der Waals surface area contributed by atoms with Crippen molar-refractivity contribution in [3.63, 3.8) is 0 Å². The molecule has 1 saturated carbocycles. The van der Waals surface area contributed by atoms with Gasteiger partial charge in [-0.15, -0.1) is 0 Å². The van der Waals surface area contributed by atoms with Gasteiger partial charge in [-0.05, 0) is 0 Å². The summed E-state index contributed by atoms with van der Waals surface area (Å²) in [5.74, 6) is -1.17. The molecule has 0 spiro atoms. The van der Waals surface area contributed by atoms with Crippen LogP contribution in [0.15, 0.2) is 0 Å². The van der Waals surface area contributed by atoms with Crippen molar-refractivity contribution in [1.29, 1.82) is 0 Å². The van der Waals surface area contributed by atoms with Gasteiger partial charge in [-0.2, -0.15) is 0 Å². The molecule has 0 heterocycles. The van der Waals surface area contributed by atoms with Crippen LogP contribution in [0.1, 0.15) is 12.8 Å². The van der Waals surface area contributed by atoms with Gasteiger partial charge in [0.1, 0.15) is 12.2 Å². The predicted octanol–water partition coefficient (Wildman–Crippen LogP) is -0.602. The number of ether oxygens (including phenoxy) is 2. The molecular formula is C9H15FO5. The Hall–Kier alpha value is -0.720. The Morgan fingerprint density at radius 2 is 2.00 bits per heavy atom. The number of alkyl halides is 1. The Bertz CT molecular complexity index is 247. The lowest BCUT2D eigenvalue weighted by atomic mass is 9.79. The first-order chi connectivity index (χ1) is 6.96. The van der Waals surface area contributed by atoms with Gasteiger partial charge in [0.2, 0.25) is 0 Å². The summed E-state index contributed by atoms with van der Waals surface area (Å²) in [6, 6.07) is 0. The Kier molecular flexibility index (Phi) is 3.64. The summed E-state index contributed by atoms with van der Waals surface area (Å²) in [5.41, 5.74) is -2.59. The van der Waals surface area contributed by atoms with Crippen molar-refractivity contribution in [2.75, 3.05) is 14.2 Å². The third-order valence-corrected chi connectivity index (χ3v) is 2.72. The van der Waals surface area contributed by atoms with Crippen LogP contribution in [0.25, 0.3) is 0 Å². The largest absolute Gasteiger partial charge is 0.466 e. The molecule has 5 nitrogen and oxygen atoms in total. The average molecular weight is 222 g/mol. The van der Waals surface area contributed by atoms with Crippen LogP contribution in [0.5, 0.6) is 0 Å². The van der Waals surface area contributed by atoms with E-state index in [-0.39, 0.29) is 12.8 Å². The average Bonchev–Trinajstić information content (AvgIpc) is 2.21. The maximum absolute atomic E-state index is 14.2. The number of aliphatic hydroxyl groups is 2. The molecule has 0 bridgehead atoms. The number of halogens is 1. The van der Waals surface area contributed by atoms with Crippen LogP contribution >= 0.6 is 0 Å². The van der Waals surface area contributed by atoms with Gasteiger partial charge >= 0.3 is 5.97 Å². The first kappa shape index (κ1) is 12.4. The van der Waals surface area contributed by atoms with Crippen LogP contribution in [-0.4, -0.2) is 54.4 Å². The highest BCUT2D eigenvalue weighted by Gasteiger charge is 2.57. The summed E-state index contributed by atoms with van der Waals surface area (Å²) in [7, 11) is 2.25. The molecule has 0 aromatic rings. The van der Waals surface area contributed by atoms with Crippen LogP contribution < -0.4 is 0 Å². The molecular weight excluding hydrogens is 207 g/mol. The molecule has 1 fully saturated rings. The summed E-state index contributed by atoms with van der Waals surface area (Å²) in [6.07, 6.45) is -3.93. The molecule has 1 aliphatic rings. The van der Waals surface area contributed by atoms with Crippen molar-refractivity contribution in [3.8, 4) is 0 Å². The fourth-order valence-electron chi connectivity index (χ4n) is 1.85. The highest BCUT2D eigenvalue weighted by molar-refractivity contribution is 5.81. The molecule has 0 aromatic heterocycles. The van der Waals surface area contributed by atoms with Crippen molar-refractivity contribution >= 4 is 5.97 Å². The minimum atomic E-state index is -2.59. The third-order valence-electron chi connectivity index (χ3n) is 2.72. The summed E-state index contributed by atoms with van der Waals surface area (Å²) < 4.78 is 23.3. The fourth-order valence-corrected chi connectivity index (χ4v) is 1.85. The fraction of sp³-hybridized carbons (Fsp3) is 0.889. The molecule has 6 heteroatoms. The Morgan fingerprint density at radius 1 is 1.40 bits per heavy atom. The van der Waals surface area contributed by atoms with E-state index in [4.69, 9.17) is 4.74 Å². The van der Waals surface area contributed by atoms with Gasteiger partial charge in [0.15, 0.2) is 0 Å². The van der Waals surface area contributed by atoms with Gasteiger partial charge in [0.25, 0.3) is 5.67 Å². The van der Waals surface area contributed by atoms with Crippen LogP contribution in [-0.2, 0) is 14.3 Å². The number of carbonyl (C=O) groups is 1. The number of carbonyl (C=O) groups excluding carboxylic acids is 1. The molecule has 15 heavy (non-hydrogen) atoms. The second-order valence-corrected chi connectivity index (χ2v) is 3.63. The van der Waals surface area contributed by atoms with Gasteiger partial charge in [-0.1, -0.05) is 0 Å². The lowest BCUT2D eigenvalue weighted by molar-refractivity contribution is -0.195. The molecule has 0 unspecified atom stereocenters. The summed E-state index contributed by atoms with van der Waals surface area (Å²) in [6.45, 7) is 0. The SMILES string of the molecule is COC(=O)[C@]1(F)[C@H](O)C[C@@H](O)C[C@@H]1OC. The van der Waals surface area contributed by atoms with Gasteiger partial charge < -0.3 is 19.7 Å². The molecule has 0 aliphatic heterocycles. The zero-order chi connectivity index (χ0) is 11.6. The van der Waals surface area contributed by atoms with Crippen LogP contribution in [0.2, 0.25) is 0 Å². The Labute approximate surface area is 86.8 Å². The first-order valence-corrected chi connectivity index (χ1v) is 4.63. The predicted molar refractivity (Wildman–Crippen MR) is 47.9 cm³/mol. The lowest BCUT2D eigenvalue weighted by Gasteiger charge is -2.39. The van der Waals surface area contributed by atoms with E-state index in [1.807, 2.05) is 0 Å². The van der Waals surface area contributed by atoms with E-state index in [9.17, 15) is 19.4 Å². The molecule has 2 N–H and O–H groups in total. The molecule has 0 radical (unpaired) electrons. The van der Waals surface area contributed by atoms with Crippen molar-refractivity contribution in [2.24, 2.45) is 0 Å². The van der Waals surface area contributed by atoms with Crippen molar-refractivity contribution in [2.45, 2.75) is 36.8 Å². The van der Waals surface area contributed by atoms with Crippen molar-refractivity contribution in [3.05, 3.63) is 0 Å². The number of hydrogen-bond acceptors (Lipinski definition) is 5. The van der Waals surface area contributed by atoms with E-state index >= 15 is 0 Å². The van der Waals surface area contributed by atoms with Gasteiger partial charge in [0.05, 0.1) is 13.2 Å². The number of aliphatic hydroxyl groups excluding tert-OH is 2.